The molecule has 1 fully saturated rings. The van der Waals surface area contributed by atoms with Gasteiger partial charge in [-0.15, -0.1) is 12.4 Å². The Morgan fingerprint density at radius 3 is 2.53 bits per heavy atom. The number of hydrogen-bond acceptors (Lipinski definition) is 3. The summed E-state index contributed by atoms with van der Waals surface area (Å²) in [6, 6.07) is 3.89. The maximum atomic E-state index is 11.4. The maximum absolute atomic E-state index is 11.4. The van der Waals surface area contributed by atoms with E-state index >= 15 is 0 Å². The van der Waals surface area contributed by atoms with Gasteiger partial charge in [0.2, 0.25) is 5.91 Å². The van der Waals surface area contributed by atoms with E-state index in [1.165, 1.54) is 11.3 Å². The first-order valence-electron chi connectivity index (χ1n) is 6.53. The molecule has 5 heteroatoms. The minimum atomic E-state index is -0.332. The van der Waals surface area contributed by atoms with Gasteiger partial charge in [-0.1, -0.05) is 6.92 Å². The molecule has 106 valence electrons. The summed E-state index contributed by atoms with van der Waals surface area (Å²) in [5.74, 6) is -0.332. The summed E-state index contributed by atoms with van der Waals surface area (Å²) >= 11 is 0. The summed E-state index contributed by atoms with van der Waals surface area (Å²) in [4.78, 5) is 13.8. The largest absolute Gasteiger partial charge is 0.369 e. The topological polar surface area (TPSA) is 58.4 Å². The standard InChI is InChI=1S/C14H21N3O.ClH/c1-3-11-10(2)13(5-4-12(11)14(15)18)17-8-6-16-7-9-17;/h4-5,16H,3,6-9H2,1-2H3,(H2,15,18);1H. The summed E-state index contributed by atoms with van der Waals surface area (Å²) in [5.41, 5.74) is 9.59. The van der Waals surface area contributed by atoms with Gasteiger partial charge in [0.05, 0.1) is 0 Å². The molecule has 2 rings (SSSR count). The van der Waals surface area contributed by atoms with Gasteiger partial charge in [-0.05, 0) is 36.6 Å². The molecular formula is C14H22ClN3O. The number of nitrogens with one attached hydrogen (secondary N) is 1. The van der Waals surface area contributed by atoms with E-state index in [4.69, 9.17) is 5.73 Å². The van der Waals surface area contributed by atoms with Crippen molar-refractivity contribution in [2.45, 2.75) is 20.3 Å². The number of rotatable bonds is 3. The molecule has 3 N–H and O–H groups in total. The Bertz CT molecular complexity index is 456. The number of amides is 1. The Morgan fingerprint density at radius 2 is 2.00 bits per heavy atom. The van der Waals surface area contributed by atoms with Gasteiger partial charge in [-0.25, -0.2) is 0 Å². The minimum absolute atomic E-state index is 0. The van der Waals surface area contributed by atoms with Crippen LogP contribution in [0.1, 0.15) is 28.4 Å². The number of anilines is 1. The van der Waals surface area contributed by atoms with Crippen LogP contribution in [0, 0.1) is 6.92 Å². The number of carbonyl (C=O) groups excluding carboxylic acids is 1. The summed E-state index contributed by atoms with van der Waals surface area (Å²) in [5, 5.41) is 3.35. The zero-order valence-corrected chi connectivity index (χ0v) is 12.3. The Kier molecular flexibility index (Phi) is 5.63. The van der Waals surface area contributed by atoms with Gasteiger partial charge in [-0.2, -0.15) is 0 Å². The highest BCUT2D eigenvalue weighted by Gasteiger charge is 2.17. The van der Waals surface area contributed by atoms with E-state index in [0.29, 0.717) is 5.56 Å². The molecule has 19 heavy (non-hydrogen) atoms. The lowest BCUT2D eigenvalue weighted by molar-refractivity contribution is 0.0999. The molecule has 0 aromatic heterocycles. The number of primary amides is 1. The van der Waals surface area contributed by atoms with Gasteiger partial charge in [0.25, 0.3) is 0 Å². The summed E-state index contributed by atoms with van der Waals surface area (Å²) < 4.78 is 0. The Hall–Kier alpha value is -1.26. The fraction of sp³-hybridized carbons (Fsp3) is 0.500. The van der Waals surface area contributed by atoms with E-state index in [2.05, 4.69) is 24.1 Å². The third-order valence-corrected chi connectivity index (χ3v) is 3.65. The molecular weight excluding hydrogens is 262 g/mol. The van der Waals surface area contributed by atoms with E-state index in [0.717, 1.165) is 38.2 Å². The highest BCUT2D eigenvalue weighted by atomic mass is 35.5. The quantitative estimate of drug-likeness (QED) is 0.884. The SMILES string of the molecule is CCc1c(C(N)=O)ccc(N2CCNCC2)c1C.Cl. The number of benzene rings is 1. The second-order valence-corrected chi connectivity index (χ2v) is 4.69. The van der Waals surface area contributed by atoms with Crippen LogP contribution in [0.15, 0.2) is 12.1 Å². The van der Waals surface area contributed by atoms with Crippen molar-refractivity contribution >= 4 is 24.0 Å². The Balaban J connectivity index is 0.00000180. The van der Waals surface area contributed by atoms with Crippen molar-refractivity contribution in [3.05, 3.63) is 28.8 Å². The molecule has 0 saturated carbocycles. The molecule has 1 aliphatic rings. The predicted octanol–water partition coefficient (Wildman–Crippen LogP) is 1.49. The molecule has 0 bridgehead atoms. The van der Waals surface area contributed by atoms with Gasteiger partial charge in [0, 0.05) is 37.4 Å². The van der Waals surface area contributed by atoms with Crippen molar-refractivity contribution < 1.29 is 4.79 Å². The van der Waals surface area contributed by atoms with Crippen molar-refractivity contribution in [2.24, 2.45) is 5.73 Å². The molecule has 1 aromatic rings. The first kappa shape index (κ1) is 15.8. The van der Waals surface area contributed by atoms with E-state index in [9.17, 15) is 4.79 Å². The molecule has 0 aliphatic carbocycles. The number of carbonyl (C=O) groups is 1. The number of halogens is 1. The van der Waals surface area contributed by atoms with Crippen LogP contribution in [0.2, 0.25) is 0 Å². The third-order valence-electron chi connectivity index (χ3n) is 3.65. The molecule has 1 heterocycles. The van der Waals surface area contributed by atoms with Crippen molar-refractivity contribution in [2.75, 3.05) is 31.1 Å². The van der Waals surface area contributed by atoms with Crippen LogP contribution in [0.4, 0.5) is 5.69 Å². The number of nitrogens with two attached hydrogens (primary N) is 1. The highest BCUT2D eigenvalue weighted by Crippen LogP contribution is 2.26. The molecule has 0 spiro atoms. The second-order valence-electron chi connectivity index (χ2n) is 4.69. The first-order chi connectivity index (χ1) is 8.65. The number of nitrogens with zero attached hydrogens (tertiary/aromatic N) is 1. The molecule has 0 radical (unpaired) electrons. The Morgan fingerprint density at radius 1 is 1.37 bits per heavy atom. The van der Waals surface area contributed by atoms with Crippen molar-refractivity contribution in [1.82, 2.24) is 5.32 Å². The van der Waals surface area contributed by atoms with Crippen molar-refractivity contribution in [3.63, 3.8) is 0 Å². The van der Waals surface area contributed by atoms with Crippen molar-refractivity contribution in [1.29, 1.82) is 0 Å². The Labute approximate surface area is 120 Å². The second kappa shape index (κ2) is 6.78. The summed E-state index contributed by atoms with van der Waals surface area (Å²) in [6.45, 7) is 8.20. The number of piperazine rings is 1. The molecule has 0 unspecified atom stereocenters. The molecule has 4 nitrogen and oxygen atoms in total. The lowest BCUT2D eigenvalue weighted by Gasteiger charge is -2.31. The van der Waals surface area contributed by atoms with Crippen LogP contribution >= 0.6 is 12.4 Å². The monoisotopic (exact) mass is 283 g/mol. The average molecular weight is 284 g/mol. The summed E-state index contributed by atoms with van der Waals surface area (Å²) in [7, 11) is 0. The number of hydrogen-bond donors (Lipinski definition) is 2. The summed E-state index contributed by atoms with van der Waals surface area (Å²) in [6.07, 6.45) is 0.837. The molecule has 0 atom stereocenters. The normalized spacial score (nSPS) is 14.9. The van der Waals surface area contributed by atoms with Gasteiger partial charge < -0.3 is 16.0 Å². The fourth-order valence-corrected chi connectivity index (χ4v) is 2.68. The lowest BCUT2D eigenvalue weighted by atomic mass is 9.97. The van der Waals surface area contributed by atoms with Gasteiger partial charge in [0.1, 0.15) is 0 Å². The molecule has 1 aliphatic heterocycles. The molecule has 1 amide bonds. The predicted molar refractivity (Wildman–Crippen MR) is 81.4 cm³/mol. The van der Waals surface area contributed by atoms with E-state index in [-0.39, 0.29) is 18.3 Å². The average Bonchev–Trinajstić information content (AvgIpc) is 2.39. The first-order valence-corrected chi connectivity index (χ1v) is 6.53. The third kappa shape index (κ3) is 3.19. The van der Waals surface area contributed by atoms with Gasteiger partial charge in [-0.3, -0.25) is 4.79 Å². The van der Waals surface area contributed by atoms with Crippen LogP contribution in [-0.4, -0.2) is 32.1 Å². The van der Waals surface area contributed by atoms with Gasteiger partial charge >= 0.3 is 0 Å². The van der Waals surface area contributed by atoms with Crippen LogP contribution in [0.5, 0.6) is 0 Å². The zero-order chi connectivity index (χ0) is 13.1. The van der Waals surface area contributed by atoms with Crippen LogP contribution in [0.25, 0.3) is 0 Å². The maximum Gasteiger partial charge on any atom is 0.248 e. The smallest absolute Gasteiger partial charge is 0.248 e. The lowest BCUT2D eigenvalue weighted by Crippen LogP contribution is -2.43. The van der Waals surface area contributed by atoms with Crippen LogP contribution < -0.4 is 16.0 Å². The van der Waals surface area contributed by atoms with E-state index < -0.39 is 0 Å². The minimum Gasteiger partial charge on any atom is -0.369 e. The van der Waals surface area contributed by atoms with E-state index in [1.807, 2.05) is 12.1 Å². The van der Waals surface area contributed by atoms with Crippen molar-refractivity contribution in [3.8, 4) is 0 Å². The van der Waals surface area contributed by atoms with E-state index in [1.54, 1.807) is 0 Å². The molecule has 1 aromatic carbocycles. The van der Waals surface area contributed by atoms with Crippen LogP contribution in [-0.2, 0) is 6.42 Å². The van der Waals surface area contributed by atoms with Gasteiger partial charge in [0.15, 0.2) is 0 Å². The molecule has 1 saturated heterocycles. The zero-order valence-electron chi connectivity index (χ0n) is 11.5. The highest BCUT2D eigenvalue weighted by molar-refractivity contribution is 5.95. The van der Waals surface area contributed by atoms with Crippen LogP contribution in [0.3, 0.4) is 0 Å². The fourth-order valence-electron chi connectivity index (χ4n) is 2.68.